The first-order valence-corrected chi connectivity index (χ1v) is 12.0. The van der Waals surface area contributed by atoms with Crippen molar-refractivity contribution in [2.45, 2.75) is 44.1 Å². The highest BCUT2D eigenvalue weighted by Crippen LogP contribution is 2.39. The Hall–Kier alpha value is -1.53. The van der Waals surface area contributed by atoms with Crippen molar-refractivity contribution in [3.8, 4) is 0 Å². The molecule has 0 N–H and O–H groups in total. The molecule has 0 aliphatic rings. The van der Waals surface area contributed by atoms with E-state index in [9.17, 15) is 4.79 Å². The van der Waals surface area contributed by atoms with Gasteiger partial charge < -0.3 is 4.43 Å². The lowest BCUT2D eigenvalue weighted by atomic mass is 10.1. The monoisotopic (exact) mass is 362 g/mol. The Balaban J connectivity index is 2.60. The summed E-state index contributed by atoms with van der Waals surface area (Å²) < 4.78 is 7.91. The van der Waals surface area contributed by atoms with Gasteiger partial charge in [-0.05, 0) is 36.5 Å². The lowest BCUT2D eigenvalue weighted by molar-refractivity contribution is 0.459. The minimum atomic E-state index is -2.00. The average Bonchev–Trinajstić information content (AvgIpc) is 2.48. The van der Waals surface area contributed by atoms with E-state index >= 15 is 0 Å². The van der Waals surface area contributed by atoms with Crippen LogP contribution in [0.3, 0.4) is 0 Å². The van der Waals surface area contributed by atoms with Gasteiger partial charge in [0, 0.05) is 12.6 Å². The Morgan fingerprint density at radius 3 is 2.50 bits per heavy atom. The molecule has 0 aliphatic carbocycles. The van der Waals surface area contributed by atoms with E-state index in [-0.39, 0.29) is 10.6 Å². The van der Waals surface area contributed by atoms with Crippen LogP contribution in [0.1, 0.15) is 26.3 Å². The molecule has 0 saturated heterocycles. The van der Waals surface area contributed by atoms with Gasteiger partial charge in [-0.2, -0.15) is 0 Å². The summed E-state index contributed by atoms with van der Waals surface area (Å²) >= 11 is 1.45. The molecule has 1 aromatic heterocycles. The van der Waals surface area contributed by atoms with Crippen LogP contribution in [0.4, 0.5) is 0 Å². The van der Waals surface area contributed by atoms with Crippen LogP contribution in [0.5, 0.6) is 0 Å². The SMILES string of the molecule is C=C(O[Si](C)(C)C(C)(C)C)c1cccc2c(=O)n(C)c(SC)nc12. The highest BCUT2D eigenvalue weighted by Gasteiger charge is 2.39. The molecule has 0 bridgehead atoms. The molecule has 0 fully saturated rings. The van der Waals surface area contributed by atoms with Crippen molar-refractivity contribution in [3.63, 3.8) is 0 Å². The molecule has 6 heteroatoms. The third-order valence-electron chi connectivity index (χ3n) is 4.73. The highest BCUT2D eigenvalue weighted by molar-refractivity contribution is 7.98. The van der Waals surface area contributed by atoms with Crippen LogP contribution in [-0.2, 0) is 11.5 Å². The number of thioether (sulfide) groups is 1. The van der Waals surface area contributed by atoms with Gasteiger partial charge in [-0.25, -0.2) is 4.98 Å². The van der Waals surface area contributed by atoms with E-state index in [4.69, 9.17) is 4.43 Å². The second kappa shape index (κ2) is 6.41. The maximum Gasteiger partial charge on any atom is 0.261 e. The number of rotatable bonds is 4. The fourth-order valence-electron chi connectivity index (χ4n) is 2.20. The van der Waals surface area contributed by atoms with Crippen LogP contribution < -0.4 is 5.56 Å². The van der Waals surface area contributed by atoms with Crippen LogP contribution >= 0.6 is 11.8 Å². The zero-order chi connectivity index (χ0) is 18.3. The third-order valence-corrected chi connectivity index (χ3v) is 9.83. The fraction of sp³-hybridized carbons (Fsp3) is 0.444. The van der Waals surface area contributed by atoms with Crippen molar-refractivity contribution in [2.24, 2.45) is 7.05 Å². The summed E-state index contributed by atoms with van der Waals surface area (Å²) in [4.78, 5) is 17.2. The molecule has 0 spiro atoms. The maximum atomic E-state index is 12.6. The summed E-state index contributed by atoms with van der Waals surface area (Å²) in [6, 6.07) is 5.59. The van der Waals surface area contributed by atoms with Crippen LogP contribution in [0.2, 0.25) is 18.1 Å². The number of aromatic nitrogens is 2. The largest absolute Gasteiger partial charge is 0.543 e. The molecule has 0 unspecified atom stereocenters. The maximum absolute atomic E-state index is 12.6. The number of para-hydroxylation sites is 1. The van der Waals surface area contributed by atoms with E-state index in [0.29, 0.717) is 21.8 Å². The van der Waals surface area contributed by atoms with Crippen molar-refractivity contribution in [1.82, 2.24) is 9.55 Å². The summed E-state index contributed by atoms with van der Waals surface area (Å²) in [5, 5.41) is 1.35. The van der Waals surface area contributed by atoms with Gasteiger partial charge in [-0.1, -0.05) is 45.2 Å². The zero-order valence-electron chi connectivity index (χ0n) is 15.6. The van der Waals surface area contributed by atoms with E-state index in [2.05, 4.69) is 45.4 Å². The number of hydrogen-bond donors (Lipinski definition) is 0. The minimum absolute atomic E-state index is 0.0497. The first-order chi connectivity index (χ1) is 11.0. The second-order valence-electron chi connectivity index (χ2n) is 7.45. The quantitative estimate of drug-likeness (QED) is 0.344. The predicted octanol–water partition coefficient (Wildman–Crippen LogP) is 4.65. The third kappa shape index (κ3) is 3.30. The summed E-state index contributed by atoms with van der Waals surface area (Å²) in [5.41, 5.74) is 1.41. The highest BCUT2D eigenvalue weighted by atomic mass is 32.2. The summed E-state index contributed by atoms with van der Waals surface area (Å²) in [6.45, 7) is 15.1. The first kappa shape index (κ1) is 18.8. The number of hydrogen-bond acceptors (Lipinski definition) is 4. The van der Waals surface area contributed by atoms with Gasteiger partial charge in [0.25, 0.3) is 5.56 Å². The molecular formula is C18H26N2O2SSi. The predicted molar refractivity (Wildman–Crippen MR) is 106 cm³/mol. The molecule has 1 aromatic carbocycles. The lowest BCUT2D eigenvalue weighted by Gasteiger charge is -2.37. The van der Waals surface area contributed by atoms with E-state index in [1.54, 1.807) is 17.7 Å². The van der Waals surface area contributed by atoms with Gasteiger partial charge in [-0.3, -0.25) is 9.36 Å². The molecule has 0 radical (unpaired) electrons. The van der Waals surface area contributed by atoms with Crippen molar-refractivity contribution >= 4 is 36.7 Å². The van der Waals surface area contributed by atoms with E-state index in [1.165, 1.54) is 11.8 Å². The fourth-order valence-corrected chi connectivity index (χ4v) is 3.77. The van der Waals surface area contributed by atoms with Gasteiger partial charge in [0.1, 0.15) is 5.76 Å². The van der Waals surface area contributed by atoms with E-state index in [1.807, 2.05) is 18.4 Å². The Morgan fingerprint density at radius 1 is 1.33 bits per heavy atom. The van der Waals surface area contributed by atoms with Crippen molar-refractivity contribution in [1.29, 1.82) is 0 Å². The Morgan fingerprint density at radius 2 is 1.96 bits per heavy atom. The number of nitrogens with zero attached hydrogens (tertiary/aromatic N) is 2. The topological polar surface area (TPSA) is 44.1 Å². The van der Waals surface area contributed by atoms with Crippen molar-refractivity contribution in [2.75, 3.05) is 6.26 Å². The zero-order valence-corrected chi connectivity index (χ0v) is 17.4. The Bertz CT molecular complexity index is 850. The molecule has 2 aromatic rings. The van der Waals surface area contributed by atoms with Gasteiger partial charge in [0.15, 0.2) is 5.16 Å². The normalized spacial score (nSPS) is 12.5. The Kier molecular flexibility index (Phi) is 5.02. The molecule has 1 heterocycles. The molecule has 130 valence electrons. The molecule has 2 rings (SSSR count). The molecule has 24 heavy (non-hydrogen) atoms. The van der Waals surface area contributed by atoms with Gasteiger partial charge in [0.2, 0.25) is 8.32 Å². The summed E-state index contributed by atoms with van der Waals surface area (Å²) in [6.07, 6.45) is 1.91. The molecule has 0 aliphatic heterocycles. The Labute approximate surface area is 149 Å². The van der Waals surface area contributed by atoms with E-state index in [0.717, 1.165) is 5.56 Å². The van der Waals surface area contributed by atoms with E-state index < -0.39 is 8.32 Å². The molecule has 0 saturated carbocycles. The minimum Gasteiger partial charge on any atom is -0.543 e. The lowest BCUT2D eigenvalue weighted by Crippen LogP contribution is -2.40. The number of benzene rings is 1. The van der Waals surface area contributed by atoms with Crippen molar-refractivity contribution in [3.05, 3.63) is 40.7 Å². The molecule has 0 amide bonds. The molecular weight excluding hydrogens is 336 g/mol. The summed E-state index contributed by atoms with van der Waals surface area (Å²) in [5.74, 6) is 0.597. The van der Waals surface area contributed by atoms with Crippen molar-refractivity contribution < 1.29 is 4.43 Å². The van der Waals surface area contributed by atoms with Crippen LogP contribution in [0.25, 0.3) is 16.7 Å². The van der Waals surface area contributed by atoms with Crippen LogP contribution in [-0.4, -0.2) is 24.1 Å². The standard InChI is InChI=1S/C18H26N2O2SSi/c1-12(22-24(7,8)18(2,3)4)13-10-9-11-14-15(13)19-17(23-6)20(5)16(14)21/h9-11H,1H2,2-8H3. The summed E-state index contributed by atoms with van der Waals surface area (Å²) in [7, 11) is -0.256. The second-order valence-corrected chi connectivity index (χ2v) is 12.9. The van der Waals surface area contributed by atoms with Crippen LogP contribution in [0, 0.1) is 0 Å². The van der Waals surface area contributed by atoms with Gasteiger partial charge >= 0.3 is 0 Å². The van der Waals surface area contributed by atoms with Gasteiger partial charge in [-0.15, -0.1) is 0 Å². The number of fused-ring (bicyclic) bond motifs is 1. The smallest absolute Gasteiger partial charge is 0.261 e. The molecule has 0 atom stereocenters. The average molecular weight is 363 g/mol. The van der Waals surface area contributed by atoms with Gasteiger partial charge in [0.05, 0.1) is 10.9 Å². The van der Waals surface area contributed by atoms with Crippen LogP contribution in [0.15, 0.2) is 34.7 Å². The molecule has 4 nitrogen and oxygen atoms in total. The first-order valence-electron chi connectivity index (χ1n) is 7.91.